The van der Waals surface area contributed by atoms with Crippen LogP contribution < -0.4 is 0 Å². The maximum Gasteiger partial charge on any atom is 0.330 e. The van der Waals surface area contributed by atoms with Crippen LogP contribution in [0.5, 0.6) is 0 Å². The predicted octanol–water partition coefficient (Wildman–Crippen LogP) is 4.34. The quantitative estimate of drug-likeness (QED) is 0.378. The molecule has 1 aromatic rings. The third kappa shape index (κ3) is 22.9. The van der Waals surface area contributed by atoms with Gasteiger partial charge in [-0.05, 0) is 12.0 Å². The Kier molecular flexibility index (Phi) is 18.5. The van der Waals surface area contributed by atoms with Crippen molar-refractivity contribution in [3.8, 4) is 0 Å². The van der Waals surface area contributed by atoms with Crippen LogP contribution in [-0.2, 0) is 19.1 Å². The van der Waals surface area contributed by atoms with E-state index in [-0.39, 0.29) is 5.97 Å². The molecule has 0 heterocycles. The van der Waals surface area contributed by atoms with Gasteiger partial charge < -0.3 is 14.9 Å². The number of unbranched alkanes of at least 4 members (excludes halogenated alkanes) is 3. The number of carbonyl (C=O) groups is 3. The van der Waals surface area contributed by atoms with Crippen LogP contribution in [0.1, 0.15) is 38.2 Å². The van der Waals surface area contributed by atoms with Gasteiger partial charge in [-0.3, -0.25) is 0 Å². The highest BCUT2D eigenvalue weighted by atomic mass is 16.5. The van der Waals surface area contributed by atoms with Crippen molar-refractivity contribution in [1.82, 2.24) is 0 Å². The van der Waals surface area contributed by atoms with Gasteiger partial charge in [0.25, 0.3) is 0 Å². The van der Waals surface area contributed by atoms with E-state index in [1.54, 1.807) is 0 Å². The van der Waals surface area contributed by atoms with E-state index in [0.29, 0.717) is 18.8 Å². The van der Waals surface area contributed by atoms with Gasteiger partial charge in [0.2, 0.25) is 0 Å². The second-order valence-corrected chi connectivity index (χ2v) is 5.06. The van der Waals surface area contributed by atoms with Gasteiger partial charge in [0.1, 0.15) is 0 Å². The summed E-state index contributed by atoms with van der Waals surface area (Å²) in [4.78, 5) is 29.6. The molecule has 2 N–H and O–H groups in total. The minimum absolute atomic E-state index is 0.318. The number of carboxylic acid groups (broad SMARTS) is 2. The van der Waals surface area contributed by atoms with Gasteiger partial charge in [-0.1, -0.05) is 75.8 Å². The Morgan fingerprint density at radius 3 is 1.89 bits per heavy atom. The number of hydrogen-bond donors (Lipinski definition) is 2. The number of carbonyl (C=O) groups excluding carboxylic acids is 1. The third-order valence-electron chi connectivity index (χ3n) is 2.81. The summed E-state index contributed by atoms with van der Waals surface area (Å²) in [5.41, 5.74) is 1.17. The first-order valence-corrected chi connectivity index (χ1v) is 8.47. The van der Waals surface area contributed by atoms with E-state index in [9.17, 15) is 14.4 Å². The molecule has 0 aliphatic heterocycles. The molecule has 0 aromatic heterocycles. The fraction of sp³-hybridized carbons (Fsp3) is 0.286. The summed E-state index contributed by atoms with van der Waals surface area (Å²) in [6.45, 7) is 9.61. The Hall–Kier alpha value is -3.15. The summed E-state index contributed by atoms with van der Waals surface area (Å²) >= 11 is 0. The zero-order valence-corrected chi connectivity index (χ0v) is 15.7. The predicted molar refractivity (Wildman–Crippen MR) is 106 cm³/mol. The van der Waals surface area contributed by atoms with Crippen LogP contribution in [0.15, 0.2) is 61.7 Å². The average Bonchev–Trinajstić information content (AvgIpc) is 2.67. The molecule has 0 spiro atoms. The summed E-state index contributed by atoms with van der Waals surface area (Å²) in [6, 6.07) is 10.0. The third-order valence-corrected chi connectivity index (χ3v) is 2.81. The van der Waals surface area contributed by atoms with E-state index in [4.69, 9.17) is 14.9 Å². The minimum Gasteiger partial charge on any atom is -0.478 e. The Morgan fingerprint density at radius 2 is 1.52 bits per heavy atom. The Morgan fingerprint density at radius 1 is 0.963 bits per heavy atom. The molecule has 0 unspecified atom stereocenters. The zero-order chi connectivity index (χ0) is 20.9. The molecule has 1 aromatic carbocycles. The van der Waals surface area contributed by atoms with Crippen molar-refractivity contribution in [2.45, 2.75) is 32.6 Å². The largest absolute Gasteiger partial charge is 0.478 e. The van der Waals surface area contributed by atoms with Crippen LogP contribution in [0.4, 0.5) is 0 Å². The van der Waals surface area contributed by atoms with Crippen LogP contribution in [-0.4, -0.2) is 34.7 Å². The summed E-state index contributed by atoms with van der Waals surface area (Å²) in [7, 11) is 0. The number of esters is 1. The number of carboxylic acids is 2. The van der Waals surface area contributed by atoms with Gasteiger partial charge in [-0.25, -0.2) is 14.4 Å². The topological polar surface area (TPSA) is 101 Å². The molecule has 148 valence electrons. The molecule has 0 amide bonds. The molecule has 0 radical (unpaired) electrons. The number of benzene rings is 1. The Labute approximate surface area is 160 Å². The average molecular weight is 376 g/mol. The molecule has 0 aliphatic rings. The van der Waals surface area contributed by atoms with E-state index in [1.165, 1.54) is 24.5 Å². The SMILES string of the molecule is C=CC(=O)OCCCCCC.C=Cc1ccccc1.O=C(O)C=CC(=O)O. The number of hydrogen-bond acceptors (Lipinski definition) is 4. The highest BCUT2D eigenvalue weighted by Crippen LogP contribution is 1.99. The molecule has 0 fully saturated rings. The van der Waals surface area contributed by atoms with Crippen LogP contribution >= 0.6 is 0 Å². The van der Waals surface area contributed by atoms with Gasteiger partial charge in [0, 0.05) is 18.2 Å². The summed E-state index contributed by atoms with van der Waals surface area (Å²) in [6.07, 6.45) is 8.67. The van der Waals surface area contributed by atoms with Crippen LogP contribution in [0, 0.1) is 0 Å². The lowest BCUT2D eigenvalue weighted by Crippen LogP contribution is -2.01. The van der Waals surface area contributed by atoms with E-state index in [1.807, 2.05) is 36.4 Å². The highest BCUT2D eigenvalue weighted by Gasteiger charge is 1.93. The molecular formula is C21H28O6. The first kappa shape index (κ1) is 26.1. The molecule has 6 heteroatoms. The van der Waals surface area contributed by atoms with Gasteiger partial charge in [-0.15, -0.1) is 0 Å². The van der Waals surface area contributed by atoms with E-state index in [2.05, 4.69) is 20.1 Å². The van der Waals surface area contributed by atoms with Crippen molar-refractivity contribution in [2.75, 3.05) is 6.61 Å². The zero-order valence-electron chi connectivity index (χ0n) is 15.7. The van der Waals surface area contributed by atoms with Crippen LogP contribution in [0.3, 0.4) is 0 Å². The van der Waals surface area contributed by atoms with E-state index in [0.717, 1.165) is 12.8 Å². The lowest BCUT2D eigenvalue weighted by Gasteiger charge is -1.99. The molecule has 0 saturated heterocycles. The van der Waals surface area contributed by atoms with Crippen LogP contribution in [0.25, 0.3) is 6.08 Å². The Balaban J connectivity index is 0. The summed E-state index contributed by atoms with van der Waals surface area (Å²) < 4.78 is 4.78. The van der Waals surface area contributed by atoms with Gasteiger partial charge >= 0.3 is 17.9 Å². The van der Waals surface area contributed by atoms with Crippen molar-refractivity contribution in [3.05, 3.63) is 67.3 Å². The van der Waals surface area contributed by atoms with Crippen molar-refractivity contribution in [3.63, 3.8) is 0 Å². The first-order valence-electron chi connectivity index (χ1n) is 8.47. The lowest BCUT2D eigenvalue weighted by molar-refractivity contribution is -0.138. The van der Waals surface area contributed by atoms with Crippen LogP contribution in [0.2, 0.25) is 0 Å². The monoisotopic (exact) mass is 376 g/mol. The molecular weight excluding hydrogens is 348 g/mol. The van der Waals surface area contributed by atoms with Crippen molar-refractivity contribution >= 4 is 24.0 Å². The molecule has 1 rings (SSSR count). The van der Waals surface area contributed by atoms with Crippen molar-refractivity contribution < 1.29 is 29.3 Å². The summed E-state index contributed by atoms with van der Waals surface area (Å²) in [5, 5.41) is 15.6. The number of rotatable bonds is 9. The molecule has 0 atom stereocenters. The number of aliphatic carboxylic acids is 2. The van der Waals surface area contributed by atoms with Crippen molar-refractivity contribution in [2.24, 2.45) is 0 Å². The second-order valence-electron chi connectivity index (χ2n) is 5.06. The lowest BCUT2D eigenvalue weighted by atomic mass is 10.2. The number of ether oxygens (including phenoxy) is 1. The Bertz CT molecular complexity index is 574. The molecule has 0 bridgehead atoms. The molecule has 0 aliphatic carbocycles. The fourth-order valence-electron chi connectivity index (χ4n) is 1.49. The van der Waals surface area contributed by atoms with E-state index >= 15 is 0 Å². The van der Waals surface area contributed by atoms with Gasteiger partial charge in [0.15, 0.2) is 0 Å². The fourth-order valence-corrected chi connectivity index (χ4v) is 1.49. The highest BCUT2D eigenvalue weighted by molar-refractivity contribution is 5.89. The smallest absolute Gasteiger partial charge is 0.330 e. The second kappa shape index (κ2) is 19.2. The van der Waals surface area contributed by atoms with E-state index < -0.39 is 11.9 Å². The molecule has 6 nitrogen and oxygen atoms in total. The standard InChI is InChI=1S/C9H16O2.C8H8.C4H4O4/c1-3-5-6-7-8-11-9(10)4-2;1-2-8-6-4-3-5-7-8;5-3(6)1-2-4(7)8/h4H,2-3,5-8H2,1H3;2-7H,1H2;1-2H,(H,5,6)(H,7,8). The first-order chi connectivity index (χ1) is 12.9. The normalized spacial score (nSPS) is 9.07. The summed E-state index contributed by atoms with van der Waals surface area (Å²) in [5.74, 6) is -2.83. The van der Waals surface area contributed by atoms with Gasteiger partial charge in [-0.2, -0.15) is 0 Å². The maximum absolute atomic E-state index is 10.5. The maximum atomic E-state index is 10.5. The van der Waals surface area contributed by atoms with Crippen molar-refractivity contribution in [1.29, 1.82) is 0 Å². The molecule has 27 heavy (non-hydrogen) atoms. The minimum atomic E-state index is -1.26. The van der Waals surface area contributed by atoms with Gasteiger partial charge in [0.05, 0.1) is 6.61 Å². The molecule has 0 saturated carbocycles.